The minimum absolute atomic E-state index is 0.0580. The van der Waals surface area contributed by atoms with Crippen LogP contribution in [0.4, 0.5) is 0 Å². The fraction of sp³-hybridized carbons (Fsp3) is 0.816. The van der Waals surface area contributed by atoms with Crippen molar-refractivity contribution in [1.29, 1.82) is 0 Å². The predicted octanol–water partition coefficient (Wildman–Crippen LogP) is 6.40. The first-order chi connectivity index (χ1) is 30.6. The number of carbonyl (C=O) groups excluding carboxylic acids is 1. The highest BCUT2D eigenvalue weighted by Crippen LogP contribution is 2.26. The van der Waals surface area contributed by atoms with Crippen LogP contribution in [-0.4, -0.2) is 142 Å². The number of esters is 1. The van der Waals surface area contributed by atoms with Crippen LogP contribution in [0.5, 0.6) is 0 Å². The molecule has 0 aromatic rings. The number of carbonyl (C=O) groups is 1. The Morgan fingerprint density at radius 3 is 1.59 bits per heavy atom. The highest BCUT2D eigenvalue weighted by Gasteiger charge is 2.47. The van der Waals surface area contributed by atoms with Crippen LogP contribution >= 0.6 is 0 Å². The molecule has 0 bridgehead atoms. The first-order valence-corrected chi connectivity index (χ1v) is 24.2. The van der Waals surface area contributed by atoms with E-state index < -0.39 is 86.7 Å². The molecular weight excluding hydrogens is 813 g/mol. The molecule has 0 aromatic heterocycles. The molecule has 2 saturated heterocycles. The van der Waals surface area contributed by atoms with E-state index >= 15 is 0 Å². The Morgan fingerprint density at radius 1 is 0.540 bits per heavy atom. The van der Waals surface area contributed by atoms with Crippen LogP contribution in [0.25, 0.3) is 0 Å². The summed E-state index contributed by atoms with van der Waals surface area (Å²) in [5, 5.41) is 71.6. The van der Waals surface area contributed by atoms with Gasteiger partial charge in [0, 0.05) is 13.0 Å². The van der Waals surface area contributed by atoms with Crippen LogP contribution in [-0.2, 0) is 33.2 Å². The number of unbranched alkanes of at least 4 members (excludes halogenated alkanes) is 15. The summed E-state index contributed by atoms with van der Waals surface area (Å²) in [6.07, 6.45) is 25.8. The maximum absolute atomic E-state index is 12.6. The monoisotopic (exact) mass is 899 g/mol. The zero-order chi connectivity index (χ0) is 45.9. The van der Waals surface area contributed by atoms with Gasteiger partial charge in [0.1, 0.15) is 54.9 Å². The van der Waals surface area contributed by atoms with Gasteiger partial charge in [0.05, 0.1) is 26.4 Å². The van der Waals surface area contributed by atoms with E-state index in [4.69, 9.17) is 28.4 Å². The number of rotatable bonds is 37. The predicted molar refractivity (Wildman–Crippen MR) is 243 cm³/mol. The Morgan fingerprint density at radius 2 is 1.03 bits per heavy atom. The fourth-order valence-corrected chi connectivity index (χ4v) is 7.39. The van der Waals surface area contributed by atoms with Crippen molar-refractivity contribution in [3.8, 4) is 0 Å². The summed E-state index contributed by atoms with van der Waals surface area (Å²) in [5.74, 6) is -0.402. The number of aliphatic hydroxyl groups excluding tert-OH is 7. The molecule has 7 N–H and O–H groups in total. The minimum atomic E-state index is -1.70. The molecule has 14 nitrogen and oxygen atoms in total. The zero-order valence-corrected chi connectivity index (χ0v) is 38.5. The number of hydrogen-bond acceptors (Lipinski definition) is 14. The van der Waals surface area contributed by atoms with E-state index in [1.807, 2.05) is 6.92 Å². The maximum Gasteiger partial charge on any atom is 0.306 e. The van der Waals surface area contributed by atoms with E-state index in [2.05, 4.69) is 55.5 Å². The van der Waals surface area contributed by atoms with E-state index in [0.29, 0.717) is 13.0 Å². The van der Waals surface area contributed by atoms with Gasteiger partial charge in [-0.05, 0) is 51.4 Å². The highest BCUT2D eigenvalue weighted by molar-refractivity contribution is 5.69. The molecule has 2 fully saturated rings. The van der Waals surface area contributed by atoms with Crippen LogP contribution < -0.4 is 0 Å². The normalized spacial score (nSPS) is 27.4. The number of hydrogen-bond donors (Lipinski definition) is 7. The van der Waals surface area contributed by atoms with Crippen LogP contribution in [0.1, 0.15) is 155 Å². The first-order valence-electron chi connectivity index (χ1n) is 24.2. The standard InChI is InChI=1S/C49H86O14/c1-3-5-7-8-9-10-11-12-13-14-15-16-17-18-19-20-21-22-23-24-25-26-27-28-29-31-33-58-35-38(61-41(51)32-30-6-4-2)36-59-48-47(57)45(55)43(53)40(63-48)37-60-49-46(56)44(54)42(52)39(34-50)62-49/h5,7,9-10,12-13,15-16,38-40,42-50,52-57H,3-4,6,8,11,14,17-37H2,1-2H3/b7-5-,10-9-,13-12-,16-15-. The Bertz CT molecular complexity index is 1230. The fourth-order valence-electron chi connectivity index (χ4n) is 7.39. The first kappa shape index (κ1) is 57.1. The third-order valence-electron chi connectivity index (χ3n) is 11.4. The third-order valence-corrected chi connectivity index (χ3v) is 11.4. The van der Waals surface area contributed by atoms with Crippen molar-refractivity contribution < 1.29 is 69.0 Å². The van der Waals surface area contributed by atoms with Crippen LogP contribution in [0.15, 0.2) is 48.6 Å². The molecule has 0 saturated carbocycles. The molecule has 0 amide bonds. The van der Waals surface area contributed by atoms with Gasteiger partial charge in [-0.2, -0.15) is 0 Å². The van der Waals surface area contributed by atoms with Crippen molar-refractivity contribution in [3.63, 3.8) is 0 Å². The Hall–Kier alpha value is -2.05. The third kappa shape index (κ3) is 25.4. The molecule has 2 heterocycles. The van der Waals surface area contributed by atoms with Gasteiger partial charge in [-0.25, -0.2) is 0 Å². The summed E-state index contributed by atoms with van der Waals surface area (Å²) in [5.41, 5.74) is 0. The summed E-state index contributed by atoms with van der Waals surface area (Å²) in [7, 11) is 0. The lowest BCUT2D eigenvalue weighted by Crippen LogP contribution is -2.61. The van der Waals surface area contributed by atoms with E-state index in [9.17, 15) is 40.5 Å². The molecule has 11 atom stereocenters. The van der Waals surface area contributed by atoms with Crippen molar-refractivity contribution in [2.75, 3.05) is 33.0 Å². The second kappa shape index (κ2) is 37.1. The average Bonchev–Trinajstić information content (AvgIpc) is 3.28. The van der Waals surface area contributed by atoms with Gasteiger partial charge >= 0.3 is 5.97 Å². The minimum Gasteiger partial charge on any atom is -0.457 e. The van der Waals surface area contributed by atoms with Crippen molar-refractivity contribution in [3.05, 3.63) is 48.6 Å². The van der Waals surface area contributed by atoms with E-state index in [1.54, 1.807) is 0 Å². The quantitative estimate of drug-likeness (QED) is 0.0204. The van der Waals surface area contributed by atoms with E-state index in [0.717, 1.165) is 57.8 Å². The summed E-state index contributed by atoms with van der Waals surface area (Å²) in [4.78, 5) is 12.6. The zero-order valence-electron chi connectivity index (χ0n) is 38.5. The van der Waals surface area contributed by atoms with E-state index in [1.165, 1.54) is 70.6 Å². The van der Waals surface area contributed by atoms with Gasteiger partial charge < -0.3 is 64.2 Å². The lowest BCUT2D eigenvalue weighted by atomic mass is 9.98. The van der Waals surface area contributed by atoms with Crippen molar-refractivity contribution in [2.45, 2.75) is 223 Å². The summed E-state index contributed by atoms with van der Waals surface area (Å²) in [6, 6.07) is 0. The second-order valence-corrected chi connectivity index (χ2v) is 16.9. The summed E-state index contributed by atoms with van der Waals surface area (Å²) < 4.78 is 33.9. The van der Waals surface area contributed by atoms with Gasteiger partial charge in [-0.15, -0.1) is 0 Å². The Balaban J connectivity index is 1.58. The highest BCUT2D eigenvalue weighted by atomic mass is 16.7. The van der Waals surface area contributed by atoms with Crippen molar-refractivity contribution in [2.24, 2.45) is 0 Å². The number of aliphatic hydroxyl groups is 7. The average molecular weight is 899 g/mol. The second-order valence-electron chi connectivity index (χ2n) is 16.9. The van der Waals surface area contributed by atoms with Crippen LogP contribution in [0, 0.1) is 0 Å². The van der Waals surface area contributed by atoms with E-state index in [-0.39, 0.29) is 19.6 Å². The molecule has 2 aliphatic heterocycles. The number of ether oxygens (including phenoxy) is 6. The summed E-state index contributed by atoms with van der Waals surface area (Å²) in [6.45, 7) is 3.37. The lowest BCUT2D eigenvalue weighted by Gasteiger charge is -2.42. The van der Waals surface area contributed by atoms with Crippen molar-refractivity contribution in [1.82, 2.24) is 0 Å². The number of allylic oxidation sites excluding steroid dienone is 8. The van der Waals surface area contributed by atoms with Gasteiger partial charge in [0.15, 0.2) is 12.6 Å². The molecule has 0 radical (unpaired) electrons. The molecule has 0 aliphatic carbocycles. The van der Waals surface area contributed by atoms with Gasteiger partial charge in [0.2, 0.25) is 0 Å². The molecule has 0 spiro atoms. The lowest BCUT2D eigenvalue weighted by molar-refractivity contribution is -0.332. The molecule has 2 rings (SSSR count). The SMILES string of the molecule is CC/C=C\C/C=C\C/C=C\C/C=C\CCCCCCCCCCCCCCCOCC(COC1OC(COC2OC(CO)C(O)C(O)C2O)C(O)C(O)C1O)OC(=O)CCCCC. The molecule has 2 aliphatic rings. The molecule has 11 unspecified atom stereocenters. The Kier molecular flexibility index (Phi) is 33.6. The topological polar surface area (TPSA) is 214 Å². The van der Waals surface area contributed by atoms with Crippen molar-refractivity contribution >= 4 is 5.97 Å². The largest absolute Gasteiger partial charge is 0.457 e. The Labute approximate surface area is 378 Å². The smallest absolute Gasteiger partial charge is 0.306 e. The molecular formula is C49H86O14. The van der Waals surface area contributed by atoms with Crippen LogP contribution in [0.3, 0.4) is 0 Å². The molecule has 0 aromatic carbocycles. The summed E-state index contributed by atoms with van der Waals surface area (Å²) >= 11 is 0. The van der Waals surface area contributed by atoms with Crippen LogP contribution in [0.2, 0.25) is 0 Å². The van der Waals surface area contributed by atoms with Gasteiger partial charge in [0.25, 0.3) is 0 Å². The molecule has 14 heteroatoms. The maximum atomic E-state index is 12.6. The molecule has 366 valence electrons. The molecule has 63 heavy (non-hydrogen) atoms. The van der Waals surface area contributed by atoms with Gasteiger partial charge in [-0.1, -0.05) is 146 Å². The van der Waals surface area contributed by atoms with Gasteiger partial charge in [-0.3, -0.25) is 4.79 Å².